The molecule has 4 heteroatoms. The number of amides is 1. The van der Waals surface area contributed by atoms with Crippen LogP contribution in [-0.4, -0.2) is 42.3 Å². The molecule has 1 amide bonds. The minimum absolute atomic E-state index is 0.114. The van der Waals surface area contributed by atoms with E-state index >= 15 is 0 Å². The summed E-state index contributed by atoms with van der Waals surface area (Å²) in [5.74, 6) is 1.36. The summed E-state index contributed by atoms with van der Waals surface area (Å²) in [4.78, 5) is 13.7. The molecule has 0 aliphatic carbocycles. The second-order valence-corrected chi connectivity index (χ2v) is 6.46. The summed E-state index contributed by atoms with van der Waals surface area (Å²) in [6.45, 7) is 7.04. The highest BCUT2D eigenvalue weighted by Gasteiger charge is 2.21. The fourth-order valence-electron chi connectivity index (χ4n) is 2.75. The lowest BCUT2D eigenvalue weighted by Crippen LogP contribution is -2.34. The quantitative estimate of drug-likeness (QED) is 0.478. The van der Waals surface area contributed by atoms with Gasteiger partial charge in [-0.05, 0) is 37.8 Å². The molecule has 1 aliphatic heterocycles. The average Bonchev–Trinajstić information content (AvgIpc) is 2.90. The first-order chi connectivity index (χ1) is 9.63. The van der Waals surface area contributed by atoms with Crippen molar-refractivity contribution in [1.82, 2.24) is 10.2 Å². The Balaban J connectivity index is 2.10. The van der Waals surface area contributed by atoms with E-state index < -0.39 is 0 Å². The molecule has 0 aromatic heterocycles. The standard InChI is InChI=1S/C16H32N2O2/c1-14(2)7-5-3-4-6-10-18(13-19)16(20)11-15-8-9-17-12-15/h14-15,17,19H,3-13H2,1-2H3. The third-order valence-electron chi connectivity index (χ3n) is 4.11. The van der Waals surface area contributed by atoms with Crippen LogP contribution in [0.1, 0.15) is 58.8 Å². The molecule has 4 nitrogen and oxygen atoms in total. The van der Waals surface area contributed by atoms with Crippen LogP contribution in [0.3, 0.4) is 0 Å². The van der Waals surface area contributed by atoms with Gasteiger partial charge in [-0.3, -0.25) is 4.79 Å². The highest BCUT2D eigenvalue weighted by Crippen LogP contribution is 2.14. The number of aliphatic hydroxyl groups excluding tert-OH is 1. The molecule has 0 spiro atoms. The van der Waals surface area contributed by atoms with E-state index in [9.17, 15) is 9.90 Å². The molecule has 1 fully saturated rings. The summed E-state index contributed by atoms with van der Waals surface area (Å²) >= 11 is 0. The van der Waals surface area contributed by atoms with Crippen molar-refractivity contribution in [3.63, 3.8) is 0 Å². The van der Waals surface area contributed by atoms with Gasteiger partial charge in [0.25, 0.3) is 0 Å². The van der Waals surface area contributed by atoms with Crippen molar-refractivity contribution < 1.29 is 9.90 Å². The van der Waals surface area contributed by atoms with E-state index in [4.69, 9.17) is 0 Å². The first-order valence-electron chi connectivity index (χ1n) is 8.22. The van der Waals surface area contributed by atoms with Crippen LogP contribution in [0.15, 0.2) is 0 Å². The van der Waals surface area contributed by atoms with Gasteiger partial charge in [0.15, 0.2) is 0 Å². The van der Waals surface area contributed by atoms with Gasteiger partial charge in [0.1, 0.15) is 6.73 Å². The normalized spacial score (nSPS) is 18.7. The van der Waals surface area contributed by atoms with Gasteiger partial charge in [0.05, 0.1) is 0 Å². The molecule has 1 atom stereocenters. The van der Waals surface area contributed by atoms with E-state index in [0.29, 0.717) is 18.9 Å². The Hall–Kier alpha value is -0.610. The van der Waals surface area contributed by atoms with Gasteiger partial charge in [-0.25, -0.2) is 0 Å². The number of unbranched alkanes of at least 4 members (excludes halogenated alkanes) is 3. The first-order valence-corrected chi connectivity index (χ1v) is 8.22. The van der Waals surface area contributed by atoms with Crippen LogP contribution in [-0.2, 0) is 4.79 Å². The van der Waals surface area contributed by atoms with Crippen molar-refractivity contribution in [2.45, 2.75) is 58.8 Å². The van der Waals surface area contributed by atoms with E-state index in [-0.39, 0.29) is 12.6 Å². The topological polar surface area (TPSA) is 52.6 Å². The van der Waals surface area contributed by atoms with E-state index in [1.807, 2.05) is 0 Å². The number of nitrogens with one attached hydrogen (secondary N) is 1. The van der Waals surface area contributed by atoms with Crippen LogP contribution in [0.4, 0.5) is 0 Å². The Morgan fingerprint density at radius 2 is 2.05 bits per heavy atom. The van der Waals surface area contributed by atoms with Crippen LogP contribution in [0.2, 0.25) is 0 Å². The molecule has 0 saturated carbocycles. The van der Waals surface area contributed by atoms with Crippen molar-refractivity contribution in [3.8, 4) is 0 Å². The summed E-state index contributed by atoms with van der Waals surface area (Å²) in [7, 11) is 0. The maximum atomic E-state index is 12.1. The maximum Gasteiger partial charge on any atom is 0.224 e. The van der Waals surface area contributed by atoms with Crippen molar-refractivity contribution in [2.75, 3.05) is 26.4 Å². The van der Waals surface area contributed by atoms with E-state index in [1.165, 1.54) is 19.3 Å². The molecule has 118 valence electrons. The summed E-state index contributed by atoms with van der Waals surface area (Å²) in [5.41, 5.74) is 0. The minimum atomic E-state index is -0.134. The molecule has 1 heterocycles. The van der Waals surface area contributed by atoms with E-state index in [0.717, 1.165) is 38.3 Å². The maximum absolute atomic E-state index is 12.1. The highest BCUT2D eigenvalue weighted by molar-refractivity contribution is 5.76. The van der Waals surface area contributed by atoms with Crippen molar-refractivity contribution >= 4 is 5.91 Å². The summed E-state index contributed by atoms with van der Waals surface area (Å²) in [6.07, 6.45) is 7.63. The number of hydrogen-bond acceptors (Lipinski definition) is 3. The second kappa shape index (κ2) is 10.2. The summed E-state index contributed by atoms with van der Waals surface area (Å²) in [6, 6.07) is 0. The molecule has 0 radical (unpaired) electrons. The molecular formula is C16H32N2O2. The van der Waals surface area contributed by atoms with Crippen molar-refractivity contribution in [3.05, 3.63) is 0 Å². The monoisotopic (exact) mass is 284 g/mol. The van der Waals surface area contributed by atoms with Crippen LogP contribution < -0.4 is 5.32 Å². The van der Waals surface area contributed by atoms with Crippen LogP contribution in [0, 0.1) is 11.8 Å². The Morgan fingerprint density at radius 3 is 2.65 bits per heavy atom. The lowest BCUT2D eigenvalue weighted by Gasteiger charge is -2.21. The van der Waals surface area contributed by atoms with Gasteiger partial charge in [-0.15, -0.1) is 0 Å². The zero-order valence-corrected chi connectivity index (χ0v) is 13.2. The fraction of sp³-hybridized carbons (Fsp3) is 0.938. The van der Waals surface area contributed by atoms with Gasteiger partial charge in [-0.1, -0.05) is 39.5 Å². The largest absolute Gasteiger partial charge is 0.376 e. The van der Waals surface area contributed by atoms with Crippen molar-refractivity contribution in [1.29, 1.82) is 0 Å². The van der Waals surface area contributed by atoms with Gasteiger partial charge in [-0.2, -0.15) is 0 Å². The van der Waals surface area contributed by atoms with E-state index in [2.05, 4.69) is 19.2 Å². The molecule has 2 N–H and O–H groups in total. The number of carbonyl (C=O) groups is 1. The summed E-state index contributed by atoms with van der Waals surface area (Å²) in [5, 5.41) is 12.6. The van der Waals surface area contributed by atoms with Crippen LogP contribution in [0.5, 0.6) is 0 Å². The summed E-state index contributed by atoms with van der Waals surface area (Å²) < 4.78 is 0. The van der Waals surface area contributed by atoms with Crippen LogP contribution in [0.25, 0.3) is 0 Å². The highest BCUT2D eigenvalue weighted by atomic mass is 16.3. The van der Waals surface area contributed by atoms with Gasteiger partial charge in [0, 0.05) is 13.0 Å². The number of aliphatic hydroxyl groups is 1. The van der Waals surface area contributed by atoms with Gasteiger partial charge >= 0.3 is 0 Å². The molecule has 1 aliphatic rings. The number of rotatable bonds is 10. The molecule has 0 aromatic rings. The first kappa shape index (κ1) is 17.4. The Kier molecular flexibility index (Phi) is 8.86. The average molecular weight is 284 g/mol. The van der Waals surface area contributed by atoms with Crippen LogP contribution >= 0.6 is 0 Å². The Morgan fingerprint density at radius 1 is 1.30 bits per heavy atom. The fourth-order valence-corrected chi connectivity index (χ4v) is 2.75. The molecule has 1 unspecified atom stereocenters. The zero-order chi connectivity index (χ0) is 14.8. The Bertz CT molecular complexity index is 263. The lowest BCUT2D eigenvalue weighted by molar-refractivity contribution is -0.135. The van der Waals surface area contributed by atoms with Gasteiger partial charge in [0.2, 0.25) is 5.91 Å². The number of nitrogens with zero attached hydrogens (tertiary/aromatic N) is 1. The smallest absolute Gasteiger partial charge is 0.224 e. The minimum Gasteiger partial charge on any atom is -0.376 e. The molecule has 0 aromatic carbocycles. The van der Waals surface area contributed by atoms with Crippen molar-refractivity contribution in [2.24, 2.45) is 11.8 Å². The van der Waals surface area contributed by atoms with Gasteiger partial charge < -0.3 is 15.3 Å². The molecule has 0 bridgehead atoms. The Labute approximate surface area is 123 Å². The predicted octanol–water partition coefficient (Wildman–Crippen LogP) is 2.37. The molecule has 1 saturated heterocycles. The molecular weight excluding hydrogens is 252 g/mol. The molecule has 20 heavy (non-hydrogen) atoms. The lowest BCUT2D eigenvalue weighted by atomic mass is 10.0. The zero-order valence-electron chi connectivity index (χ0n) is 13.2. The number of hydrogen-bond donors (Lipinski definition) is 2. The third kappa shape index (κ3) is 7.25. The number of carbonyl (C=O) groups excluding carboxylic acids is 1. The molecule has 1 rings (SSSR count). The second-order valence-electron chi connectivity index (χ2n) is 6.46. The predicted molar refractivity (Wildman–Crippen MR) is 82.3 cm³/mol. The third-order valence-corrected chi connectivity index (χ3v) is 4.11. The SMILES string of the molecule is CC(C)CCCCCCN(CO)C(=O)CC1CCNC1. The van der Waals surface area contributed by atoms with E-state index in [1.54, 1.807) is 4.90 Å².